The highest BCUT2D eigenvalue weighted by Crippen LogP contribution is 2.26. The molecule has 1 fully saturated rings. The third kappa shape index (κ3) is 3.49. The Morgan fingerprint density at radius 2 is 1.94 bits per heavy atom. The van der Waals surface area contributed by atoms with E-state index in [9.17, 15) is 0 Å². The van der Waals surface area contributed by atoms with Gasteiger partial charge in [-0.15, -0.1) is 0 Å². The number of methoxy groups -OCH3 is 1. The van der Waals surface area contributed by atoms with Gasteiger partial charge in [-0.2, -0.15) is 0 Å². The van der Waals surface area contributed by atoms with E-state index >= 15 is 0 Å². The largest absolute Gasteiger partial charge is 0.497 e. The second-order valence-corrected chi connectivity index (χ2v) is 5.63. The van der Waals surface area contributed by atoms with E-state index in [0.29, 0.717) is 12.1 Å². The Morgan fingerprint density at radius 1 is 1.22 bits per heavy atom. The van der Waals surface area contributed by atoms with Gasteiger partial charge >= 0.3 is 0 Å². The molecule has 1 saturated carbocycles. The second-order valence-electron chi connectivity index (χ2n) is 5.63. The molecule has 2 unspecified atom stereocenters. The highest BCUT2D eigenvalue weighted by atomic mass is 16.5. The van der Waals surface area contributed by atoms with Crippen LogP contribution in [0.3, 0.4) is 0 Å². The van der Waals surface area contributed by atoms with E-state index in [1.807, 2.05) is 12.1 Å². The normalized spacial score (nSPS) is 25.7. The van der Waals surface area contributed by atoms with Gasteiger partial charge in [-0.3, -0.25) is 0 Å². The van der Waals surface area contributed by atoms with Crippen LogP contribution in [0.25, 0.3) is 0 Å². The molecule has 2 heteroatoms. The molecule has 0 amide bonds. The Hall–Kier alpha value is -1.02. The minimum absolute atomic E-state index is 0.422. The molecule has 0 heterocycles. The summed E-state index contributed by atoms with van der Waals surface area (Å²) in [6.07, 6.45) is 5.41. The van der Waals surface area contributed by atoms with E-state index in [0.717, 1.165) is 11.7 Å². The minimum Gasteiger partial charge on any atom is -0.497 e. The molecule has 1 aliphatic rings. The lowest BCUT2D eigenvalue weighted by molar-refractivity contribution is 0.285. The van der Waals surface area contributed by atoms with Crippen molar-refractivity contribution in [1.29, 1.82) is 0 Å². The van der Waals surface area contributed by atoms with E-state index in [1.165, 1.54) is 31.2 Å². The molecule has 0 aliphatic heterocycles. The summed E-state index contributed by atoms with van der Waals surface area (Å²) >= 11 is 0. The van der Waals surface area contributed by atoms with Crippen LogP contribution in [-0.4, -0.2) is 13.2 Å². The van der Waals surface area contributed by atoms with E-state index in [2.05, 4.69) is 31.3 Å². The quantitative estimate of drug-likeness (QED) is 0.870. The second kappa shape index (κ2) is 6.24. The highest BCUT2D eigenvalue weighted by molar-refractivity contribution is 5.28. The zero-order chi connectivity index (χ0) is 13.0. The summed E-state index contributed by atoms with van der Waals surface area (Å²) in [7, 11) is 1.71. The van der Waals surface area contributed by atoms with Gasteiger partial charge in [0.1, 0.15) is 5.75 Å². The third-order valence-corrected chi connectivity index (χ3v) is 4.04. The van der Waals surface area contributed by atoms with Crippen LogP contribution >= 0.6 is 0 Å². The summed E-state index contributed by atoms with van der Waals surface area (Å²) in [6, 6.07) is 9.50. The molecule has 0 spiro atoms. The molecule has 1 aromatic rings. The molecule has 2 nitrogen and oxygen atoms in total. The fraction of sp³-hybridized carbons (Fsp3) is 0.625. The van der Waals surface area contributed by atoms with E-state index in [4.69, 9.17) is 4.74 Å². The number of ether oxygens (including phenoxy) is 1. The number of nitrogens with one attached hydrogen (secondary N) is 1. The first kappa shape index (κ1) is 13.4. The summed E-state index contributed by atoms with van der Waals surface area (Å²) in [5.41, 5.74) is 1.34. The summed E-state index contributed by atoms with van der Waals surface area (Å²) in [5.74, 6) is 1.80. The van der Waals surface area contributed by atoms with Gasteiger partial charge in [-0.25, -0.2) is 0 Å². The fourth-order valence-electron chi connectivity index (χ4n) is 2.93. The first-order valence-electron chi connectivity index (χ1n) is 7.09. The zero-order valence-corrected chi connectivity index (χ0v) is 11.8. The molecular weight excluding hydrogens is 222 g/mol. The third-order valence-electron chi connectivity index (χ3n) is 4.04. The van der Waals surface area contributed by atoms with Gasteiger partial charge in [-0.1, -0.05) is 31.9 Å². The van der Waals surface area contributed by atoms with Crippen LogP contribution in [0.2, 0.25) is 0 Å². The van der Waals surface area contributed by atoms with Crippen molar-refractivity contribution in [3.63, 3.8) is 0 Å². The van der Waals surface area contributed by atoms with Gasteiger partial charge in [-0.05, 0) is 43.4 Å². The lowest BCUT2D eigenvalue weighted by Gasteiger charge is -2.30. The molecular formula is C16H25NO. The minimum atomic E-state index is 0.422. The van der Waals surface area contributed by atoms with Crippen molar-refractivity contribution in [3.05, 3.63) is 29.8 Å². The van der Waals surface area contributed by atoms with Crippen molar-refractivity contribution in [1.82, 2.24) is 5.32 Å². The molecule has 0 radical (unpaired) electrons. The standard InChI is InChI=1S/C16H25NO/c1-12-5-4-6-15(11-12)17-13(2)14-7-9-16(18-3)10-8-14/h7-10,12-13,15,17H,4-6,11H2,1-3H3/t12?,13-,15?/m1/s1. The van der Waals surface area contributed by atoms with Crippen molar-refractivity contribution >= 4 is 0 Å². The average molecular weight is 247 g/mol. The van der Waals surface area contributed by atoms with Gasteiger partial charge in [0.25, 0.3) is 0 Å². The van der Waals surface area contributed by atoms with Crippen molar-refractivity contribution in [2.24, 2.45) is 5.92 Å². The predicted molar refractivity (Wildman–Crippen MR) is 76.0 cm³/mol. The van der Waals surface area contributed by atoms with Crippen LogP contribution in [0.5, 0.6) is 5.75 Å². The van der Waals surface area contributed by atoms with Gasteiger partial charge < -0.3 is 10.1 Å². The Kier molecular flexibility index (Phi) is 4.65. The first-order chi connectivity index (χ1) is 8.69. The van der Waals surface area contributed by atoms with Crippen LogP contribution < -0.4 is 10.1 Å². The number of hydrogen-bond donors (Lipinski definition) is 1. The molecule has 3 atom stereocenters. The Morgan fingerprint density at radius 3 is 2.56 bits per heavy atom. The Balaban J connectivity index is 1.91. The Bertz CT molecular complexity index is 360. The topological polar surface area (TPSA) is 21.3 Å². The monoisotopic (exact) mass is 247 g/mol. The molecule has 2 rings (SSSR count). The predicted octanol–water partition coefficient (Wildman–Crippen LogP) is 3.92. The highest BCUT2D eigenvalue weighted by Gasteiger charge is 2.20. The molecule has 1 N–H and O–H groups in total. The zero-order valence-electron chi connectivity index (χ0n) is 11.8. The number of hydrogen-bond acceptors (Lipinski definition) is 2. The van der Waals surface area contributed by atoms with Crippen LogP contribution in [0, 0.1) is 5.92 Å². The summed E-state index contributed by atoms with van der Waals surface area (Å²) in [6.45, 7) is 4.62. The molecule has 0 aromatic heterocycles. The summed E-state index contributed by atoms with van der Waals surface area (Å²) in [5, 5.41) is 3.76. The maximum atomic E-state index is 5.19. The van der Waals surface area contributed by atoms with Crippen molar-refractivity contribution in [3.8, 4) is 5.75 Å². The van der Waals surface area contributed by atoms with E-state index < -0.39 is 0 Å². The fourth-order valence-corrected chi connectivity index (χ4v) is 2.93. The van der Waals surface area contributed by atoms with Crippen molar-refractivity contribution < 1.29 is 4.74 Å². The lowest BCUT2D eigenvalue weighted by atomic mass is 9.86. The number of rotatable bonds is 4. The molecule has 0 saturated heterocycles. The average Bonchev–Trinajstić information content (AvgIpc) is 2.39. The van der Waals surface area contributed by atoms with Crippen LogP contribution in [0.15, 0.2) is 24.3 Å². The molecule has 1 aliphatic carbocycles. The summed E-state index contributed by atoms with van der Waals surface area (Å²) < 4.78 is 5.19. The van der Waals surface area contributed by atoms with Crippen LogP contribution in [0.1, 0.15) is 51.1 Å². The Labute approximate surface area is 111 Å². The van der Waals surface area contributed by atoms with Crippen LogP contribution in [0.4, 0.5) is 0 Å². The van der Waals surface area contributed by atoms with Gasteiger partial charge in [0.2, 0.25) is 0 Å². The summed E-state index contributed by atoms with van der Waals surface area (Å²) in [4.78, 5) is 0. The first-order valence-corrected chi connectivity index (χ1v) is 7.09. The smallest absolute Gasteiger partial charge is 0.118 e. The maximum absolute atomic E-state index is 5.19. The van der Waals surface area contributed by atoms with Gasteiger partial charge in [0, 0.05) is 12.1 Å². The van der Waals surface area contributed by atoms with Gasteiger partial charge in [0.15, 0.2) is 0 Å². The molecule has 100 valence electrons. The van der Waals surface area contributed by atoms with Crippen LogP contribution in [-0.2, 0) is 0 Å². The van der Waals surface area contributed by atoms with Crippen molar-refractivity contribution in [2.45, 2.75) is 51.6 Å². The van der Waals surface area contributed by atoms with Gasteiger partial charge in [0.05, 0.1) is 7.11 Å². The van der Waals surface area contributed by atoms with Crippen molar-refractivity contribution in [2.75, 3.05) is 7.11 Å². The lowest BCUT2D eigenvalue weighted by Crippen LogP contribution is -2.35. The molecule has 1 aromatic carbocycles. The van der Waals surface area contributed by atoms with E-state index in [-0.39, 0.29) is 0 Å². The maximum Gasteiger partial charge on any atom is 0.118 e. The van der Waals surface area contributed by atoms with E-state index in [1.54, 1.807) is 7.11 Å². The molecule has 18 heavy (non-hydrogen) atoms. The SMILES string of the molecule is COc1ccc([C@@H](C)NC2CCCC(C)C2)cc1. The molecule has 0 bridgehead atoms. The number of benzene rings is 1.